The number of nitrogens with one attached hydrogen (secondary N) is 1. The van der Waals surface area contributed by atoms with Crippen LogP contribution in [0, 0.1) is 5.92 Å². The predicted molar refractivity (Wildman–Crippen MR) is 116 cm³/mol. The number of H-pyrrole nitrogens is 1. The SMILES string of the molecule is CC(Cc1cnc(N2CCc3ccccc3C2)c2[nH]ccc12)C[S+](C)[O-].Cl. The van der Waals surface area contributed by atoms with Crippen LogP contribution in [-0.4, -0.2) is 33.1 Å². The van der Waals surface area contributed by atoms with Crippen LogP contribution < -0.4 is 4.90 Å². The molecule has 6 heteroatoms. The Morgan fingerprint density at radius 3 is 2.81 bits per heavy atom. The van der Waals surface area contributed by atoms with E-state index in [0.717, 1.165) is 43.0 Å². The van der Waals surface area contributed by atoms with Crippen LogP contribution in [0.4, 0.5) is 5.82 Å². The fourth-order valence-electron chi connectivity index (χ4n) is 4.01. The normalized spacial score (nSPS) is 15.9. The highest BCUT2D eigenvalue weighted by atomic mass is 35.5. The molecular formula is C21H26ClN3OS. The van der Waals surface area contributed by atoms with Crippen LogP contribution in [-0.2, 0) is 30.6 Å². The molecule has 4 nitrogen and oxygen atoms in total. The van der Waals surface area contributed by atoms with E-state index in [4.69, 9.17) is 4.98 Å². The minimum absolute atomic E-state index is 0. The summed E-state index contributed by atoms with van der Waals surface area (Å²) in [6.07, 6.45) is 7.75. The van der Waals surface area contributed by atoms with Gasteiger partial charge in [-0.1, -0.05) is 42.4 Å². The summed E-state index contributed by atoms with van der Waals surface area (Å²) in [7, 11) is 0. The second-order valence-corrected chi connectivity index (χ2v) is 8.84. The number of pyridine rings is 1. The van der Waals surface area contributed by atoms with Gasteiger partial charge in [-0.05, 0) is 35.6 Å². The zero-order valence-corrected chi connectivity index (χ0v) is 17.4. The van der Waals surface area contributed by atoms with Gasteiger partial charge in [0.2, 0.25) is 0 Å². The molecule has 0 spiro atoms. The molecule has 1 aliphatic rings. The van der Waals surface area contributed by atoms with E-state index >= 15 is 0 Å². The summed E-state index contributed by atoms with van der Waals surface area (Å²) < 4.78 is 11.5. The Labute approximate surface area is 170 Å². The fourth-order valence-corrected chi connectivity index (χ4v) is 4.93. The van der Waals surface area contributed by atoms with Crippen molar-refractivity contribution in [2.45, 2.75) is 26.3 Å². The van der Waals surface area contributed by atoms with E-state index in [-0.39, 0.29) is 12.4 Å². The summed E-state index contributed by atoms with van der Waals surface area (Å²) in [4.78, 5) is 10.6. The molecule has 0 bridgehead atoms. The van der Waals surface area contributed by atoms with Crippen molar-refractivity contribution >= 4 is 40.3 Å². The third-order valence-corrected chi connectivity index (χ3v) is 6.22. The summed E-state index contributed by atoms with van der Waals surface area (Å²) in [5, 5.41) is 1.24. The first kappa shape index (κ1) is 20.1. The van der Waals surface area contributed by atoms with E-state index in [1.807, 2.05) is 12.4 Å². The van der Waals surface area contributed by atoms with Crippen LogP contribution in [0.3, 0.4) is 0 Å². The maximum absolute atomic E-state index is 11.5. The van der Waals surface area contributed by atoms with Gasteiger partial charge in [-0.3, -0.25) is 0 Å². The molecule has 2 unspecified atom stereocenters. The van der Waals surface area contributed by atoms with Crippen molar-refractivity contribution in [2.75, 3.05) is 23.5 Å². The van der Waals surface area contributed by atoms with Crippen molar-refractivity contribution in [3.05, 3.63) is 59.4 Å². The third kappa shape index (κ3) is 4.26. The summed E-state index contributed by atoms with van der Waals surface area (Å²) in [6.45, 7) is 4.06. The largest absolute Gasteiger partial charge is 0.617 e. The highest BCUT2D eigenvalue weighted by Gasteiger charge is 2.21. The van der Waals surface area contributed by atoms with Crippen molar-refractivity contribution < 1.29 is 4.55 Å². The van der Waals surface area contributed by atoms with E-state index in [2.05, 4.69) is 47.1 Å². The second kappa shape index (κ2) is 8.55. The molecule has 0 amide bonds. The van der Waals surface area contributed by atoms with Gasteiger partial charge in [0.15, 0.2) is 5.82 Å². The van der Waals surface area contributed by atoms with Crippen molar-refractivity contribution in [3.63, 3.8) is 0 Å². The summed E-state index contributed by atoms with van der Waals surface area (Å²) in [6, 6.07) is 10.8. The Balaban J connectivity index is 0.00000210. The molecule has 4 rings (SSSR count). The number of nitrogens with zero attached hydrogens (tertiary/aromatic N) is 2. The second-order valence-electron chi connectivity index (χ2n) is 7.36. The lowest BCUT2D eigenvalue weighted by molar-refractivity contribution is 0.574. The van der Waals surface area contributed by atoms with Gasteiger partial charge in [0.25, 0.3) is 0 Å². The van der Waals surface area contributed by atoms with Gasteiger partial charge in [-0.2, -0.15) is 0 Å². The van der Waals surface area contributed by atoms with E-state index < -0.39 is 11.2 Å². The van der Waals surface area contributed by atoms with Gasteiger partial charge in [0, 0.05) is 36.8 Å². The number of anilines is 1. The number of fused-ring (bicyclic) bond motifs is 2. The highest BCUT2D eigenvalue weighted by molar-refractivity contribution is 7.90. The van der Waals surface area contributed by atoms with Crippen LogP contribution in [0.15, 0.2) is 42.7 Å². The highest BCUT2D eigenvalue weighted by Crippen LogP contribution is 2.31. The van der Waals surface area contributed by atoms with E-state index in [1.165, 1.54) is 22.1 Å². The quantitative estimate of drug-likeness (QED) is 0.652. The lowest BCUT2D eigenvalue weighted by Crippen LogP contribution is -2.31. The fraction of sp³-hybridized carbons (Fsp3) is 0.381. The summed E-state index contributed by atoms with van der Waals surface area (Å²) in [5.74, 6) is 2.15. The molecule has 3 aromatic rings. The van der Waals surface area contributed by atoms with Gasteiger partial charge < -0.3 is 14.4 Å². The molecule has 1 aliphatic heterocycles. The molecule has 1 N–H and O–H groups in total. The molecular weight excluding hydrogens is 378 g/mol. The Morgan fingerprint density at radius 2 is 2.04 bits per heavy atom. The number of aromatic amines is 1. The van der Waals surface area contributed by atoms with Crippen LogP contribution in [0.2, 0.25) is 0 Å². The number of halogens is 1. The minimum Gasteiger partial charge on any atom is -0.617 e. The Hall–Kier alpha value is -1.69. The van der Waals surface area contributed by atoms with Crippen LogP contribution >= 0.6 is 12.4 Å². The summed E-state index contributed by atoms with van der Waals surface area (Å²) in [5.41, 5.74) is 5.19. The first-order valence-electron chi connectivity index (χ1n) is 9.18. The Bertz CT molecular complexity index is 911. The zero-order chi connectivity index (χ0) is 18.1. The van der Waals surface area contributed by atoms with Crippen molar-refractivity contribution in [1.29, 1.82) is 0 Å². The summed E-state index contributed by atoms with van der Waals surface area (Å²) >= 11 is -0.759. The van der Waals surface area contributed by atoms with E-state index in [1.54, 1.807) is 6.26 Å². The lowest BCUT2D eigenvalue weighted by atomic mass is 9.99. The third-order valence-electron chi connectivity index (χ3n) is 5.18. The van der Waals surface area contributed by atoms with Gasteiger partial charge in [-0.25, -0.2) is 4.98 Å². The molecule has 144 valence electrons. The topological polar surface area (TPSA) is 55.0 Å². The molecule has 3 heterocycles. The molecule has 0 saturated heterocycles. The van der Waals surface area contributed by atoms with Crippen molar-refractivity contribution in [2.24, 2.45) is 5.92 Å². The Morgan fingerprint density at radius 1 is 1.26 bits per heavy atom. The lowest BCUT2D eigenvalue weighted by Gasteiger charge is -2.30. The number of aromatic nitrogens is 2. The first-order chi connectivity index (χ1) is 12.6. The Kier molecular flexibility index (Phi) is 6.35. The number of hydrogen-bond donors (Lipinski definition) is 1. The molecule has 1 aromatic carbocycles. The number of hydrogen-bond acceptors (Lipinski definition) is 3. The van der Waals surface area contributed by atoms with Crippen LogP contribution in [0.1, 0.15) is 23.6 Å². The minimum atomic E-state index is -0.759. The number of benzene rings is 1. The maximum Gasteiger partial charge on any atom is 0.153 e. The van der Waals surface area contributed by atoms with Gasteiger partial charge in [-0.15, -0.1) is 12.4 Å². The molecule has 2 atom stereocenters. The maximum atomic E-state index is 11.5. The van der Waals surface area contributed by atoms with Crippen molar-refractivity contribution in [3.8, 4) is 0 Å². The average Bonchev–Trinajstić information content (AvgIpc) is 3.11. The molecule has 27 heavy (non-hydrogen) atoms. The van der Waals surface area contributed by atoms with E-state index in [9.17, 15) is 4.55 Å². The average molecular weight is 404 g/mol. The van der Waals surface area contributed by atoms with Gasteiger partial charge in [0.05, 0.1) is 11.8 Å². The van der Waals surface area contributed by atoms with Crippen LogP contribution in [0.5, 0.6) is 0 Å². The molecule has 0 saturated carbocycles. The van der Waals surface area contributed by atoms with Gasteiger partial charge >= 0.3 is 0 Å². The molecule has 0 aliphatic carbocycles. The van der Waals surface area contributed by atoms with Crippen molar-refractivity contribution in [1.82, 2.24) is 9.97 Å². The van der Waals surface area contributed by atoms with Crippen LogP contribution in [0.25, 0.3) is 10.9 Å². The monoisotopic (exact) mass is 403 g/mol. The molecule has 2 aromatic heterocycles. The molecule has 0 radical (unpaired) electrons. The molecule has 0 fully saturated rings. The smallest absolute Gasteiger partial charge is 0.153 e. The van der Waals surface area contributed by atoms with Gasteiger partial charge in [0.1, 0.15) is 5.75 Å². The zero-order valence-electron chi connectivity index (χ0n) is 15.8. The van der Waals surface area contributed by atoms with E-state index in [0.29, 0.717) is 5.92 Å². The predicted octanol–water partition coefficient (Wildman–Crippen LogP) is 4.10. The number of rotatable bonds is 5. The standard InChI is InChI=1S/C21H25N3OS.ClH/c1-15(14-26(2)25)11-18-12-23-21(20-19(18)7-9-22-20)24-10-8-16-5-3-4-6-17(16)13-24;/h3-7,9,12,15,22H,8,10-11,13-14H2,1-2H3;1H. The first-order valence-corrected chi connectivity index (χ1v) is 10.9.